The van der Waals surface area contributed by atoms with Gasteiger partial charge < -0.3 is 18.4 Å². The Balaban J connectivity index is 1.74. The quantitative estimate of drug-likeness (QED) is 0.348. The predicted octanol–water partition coefficient (Wildman–Crippen LogP) is 5.03. The van der Waals surface area contributed by atoms with Crippen LogP contribution in [0.15, 0.2) is 45.3 Å². The van der Waals surface area contributed by atoms with Crippen LogP contribution in [0.2, 0.25) is 0 Å². The van der Waals surface area contributed by atoms with Crippen molar-refractivity contribution in [3.8, 4) is 22.8 Å². The highest BCUT2D eigenvalue weighted by Crippen LogP contribution is 2.31. The Bertz CT molecular complexity index is 1190. The molecule has 3 heterocycles. The van der Waals surface area contributed by atoms with Gasteiger partial charge in [0.2, 0.25) is 0 Å². The van der Waals surface area contributed by atoms with E-state index >= 15 is 0 Å². The van der Waals surface area contributed by atoms with E-state index in [4.69, 9.17) is 18.4 Å². The second kappa shape index (κ2) is 7.43. The molecular formula is C22H20N2O5. The van der Waals surface area contributed by atoms with Crippen molar-refractivity contribution in [2.45, 2.75) is 27.7 Å². The van der Waals surface area contributed by atoms with E-state index < -0.39 is 5.97 Å². The number of nitrogens with zero attached hydrogens (tertiary/aromatic N) is 2. The molecule has 0 N–H and O–H groups in total. The van der Waals surface area contributed by atoms with Gasteiger partial charge in [0.05, 0.1) is 28.9 Å². The van der Waals surface area contributed by atoms with Crippen molar-refractivity contribution in [3.63, 3.8) is 0 Å². The van der Waals surface area contributed by atoms with Crippen LogP contribution >= 0.6 is 0 Å². The van der Waals surface area contributed by atoms with Gasteiger partial charge in [0, 0.05) is 5.56 Å². The van der Waals surface area contributed by atoms with E-state index in [1.165, 1.54) is 0 Å². The third kappa shape index (κ3) is 3.59. The molecule has 7 nitrogen and oxygen atoms in total. The number of pyridine rings is 1. The zero-order valence-electron chi connectivity index (χ0n) is 16.6. The molecule has 0 spiro atoms. The summed E-state index contributed by atoms with van der Waals surface area (Å²) in [5, 5.41) is 4.49. The lowest BCUT2D eigenvalue weighted by molar-refractivity contribution is 0.0736. The van der Waals surface area contributed by atoms with Crippen LogP contribution in [0.3, 0.4) is 0 Å². The largest absolute Gasteiger partial charge is 0.494 e. The van der Waals surface area contributed by atoms with Crippen molar-refractivity contribution in [2.75, 3.05) is 6.61 Å². The fourth-order valence-electron chi connectivity index (χ4n) is 3.21. The average molecular weight is 392 g/mol. The summed E-state index contributed by atoms with van der Waals surface area (Å²) in [6.45, 7) is 7.93. The van der Waals surface area contributed by atoms with Crippen LogP contribution in [-0.4, -0.2) is 22.7 Å². The Morgan fingerprint density at radius 2 is 1.79 bits per heavy atom. The molecule has 148 valence electrons. The highest BCUT2D eigenvalue weighted by atomic mass is 16.5. The Morgan fingerprint density at radius 1 is 1.07 bits per heavy atom. The van der Waals surface area contributed by atoms with E-state index in [-0.39, 0.29) is 5.71 Å². The maximum atomic E-state index is 13.0. The van der Waals surface area contributed by atoms with E-state index in [9.17, 15) is 4.79 Å². The van der Waals surface area contributed by atoms with Gasteiger partial charge in [-0.3, -0.25) is 0 Å². The summed E-state index contributed by atoms with van der Waals surface area (Å²) in [7, 11) is 0. The van der Waals surface area contributed by atoms with Crippen LogP contribution in [0, 0.1) is 20.8 Å². The van der Waals surface area contributed by atoms with Gasteiger partial charge >= 0.3 is 5.97 Å². The molecule has 4 aromatic rings. The Kier molecular flexibility index (Phi) is 4.80. The smallest absolute Gasteiger partial charge is 0.344 e. The zero-order valence-corrected chi connectivity index (χ0v) is 16.6. The second-order valence-corrected chi connectivity index (χ2v) is 6.62. The number of carbonyl (C=O) groups excluding carboxylic acids is 1. The molecule has 0 saturated carbocycles. The fourth-order valence-corrected chi connectivity index (χ4v) is 3.21. The molecule has 0 radical (unpaired) electrons. The summed E-state index contributed by atoms with van der Waals surface area (Å²) in [6.07, 6.45) is 0. The molecule has 0 atom stereocenters. The number of hydrogen-bond acceptors (Lipinski definition) is 7. The summed E-state index contributed by atoms with van der Waals surface area (Å²) in [5.74, 6) is 2.06. The third-order valence-corrected chi connectivity index (χ3v) is 4.50. The molecule has 0 aliphatic heterocycles. The number of rotatable bonds is 5. The minimum atomic E-state index is -0.521. The molecule has 4 rings (SSSR count). The monoisotopic (exact) mass is 392 g/mol. The molecule has 0 fully saturated rings. The van der Waals surface area contributed by atoms with E-state index in [0.29, 0.717) is 46.2 Å². The molecule has 29 heavy (non-hydrogen) atoms. The SMILES string of the molecule is CCOc1ccc(OC(=O)c2cc(-c3cc(C)oc3C)nc3onc(C)c23)cc1. The van der Waals surface area contributed by atoms with Crippen molar-refractivity contribution in [1.29, 1.82) is 0 Å². The Labute approximate surface area is 167 Å². The summed E-state index contributed by atoms with van der Waals surface area (Å²) < 4.78 is 21.9. The standard InChI is InChI=1S/C22H20N2O5/c1-5-26-15-6-8-16(9-7-15)28-22(25)18-11-19(17-10-12(2)27-14(17)4)23-21-20(18)13(3)24-29-21/h6-11H,5H2,1-4H3. The van der Waals surface area contributed by atoms with Crippen LogP contribution < -0.4 is 9.47 Å². The zero-order chi connectivity index (χ0) is 20.5. The second-order valence-electron chi connectivity index (χ2n) is 6.62. The van der Waals surface area contributed by atoms with Gasteiger partial charge in [-0.25, -0.2) is 9.78 Å². The Hall–Kier alpha value is -3.61. The van der Waals surface area contributed by atoms with E-state index in [1.807, 2.05) is 26.8 Å². The normalized spacial score (nSPS) is 11.0. The molecule has 0 aliphatic rings. The lowest BCUT2D eigenvalue weighted by Crippen LogP contribution is -2.10. The highest BCUT2D eigenvalue weighted by Gasteiger charge is 2.22. The Morgan fingerprint density at radius 3 is 2.45 bits per heavy atom. The first-order valence-corrected chi connectivity index (χ1v) is 9.25. The molecular weight excluding hydrogens is 372 g/mol. The van der Waals surface area contributed by atoms with Crippen molar-refractivity contribution in [3.05, 3.63) is 59.2 Å². The first-order chi connectivity index (χ1) is 14.0. The number of furan rings is 1. The van der Waals surface area contributed by atoms with E-state index in [0.717, 1.165) is 11.3 Å². The maximum absolute atomic E-state index is 13.0. The van der Waals surface area contributed by atoms with E-state index in [1.54, 1.807) is 37.3 Å². The van der Waals surface area contributed by atoms with Crippen molar-refractivity contribution >= 4 is 17.1 Å². The number of aromatic nitrogens is 2. The van der Waals surface area contributed by atoms with Gasteiger partial charge in [0.15, 0.2) is 0 Å². The highest BCUT2D eigenvalue weighted by molar-refractivity contribution is 6.05. The van der Waals surface area contributed by atoms with Gasteiger partial charge in [-0.05, 0) is 64.1 Å². The minimum absolute atomic E-state index is 0.275. The summed E-state index contributed by atoms with van der Waals surface area (Å²) >= 11 is 0. The summed E-state index contributed by atoms with van der Waals surface area (Å²) in [5.41, 5.74) is 2.51. The summed E-state index contributed by atoms with van der Waals surface area (Å²) in [6, 6.07) is 10.4. The van der Waals surface area contributed by atoms with Gasteiger partial charge in [0.1, 0.15) is 23.0 Å². The molecule has 3 aromatic heterocycles. The summed E-state index contributed by atoms with van der Waals surface area (Å²) in [4.78, 5) is 17.5. The molecule has 0 amide bonds. The van der Waals surface area contributed by atoms with Gasteiger partial charge in [0.25, 0.3) is 5.71 Å². The van der Waals surface area contributed by atoms with Crippen LogP contribution in [0.4, 0.5) is 0 Å². The number of esters is 1. The van der Waals surface area contributed by atoms with Crippen molar-refractivity contribution in [1.82, 2.24) is 10.1 Å². The molecule has 7 heteroatoms. The van der Waals surface area contributed by atoms with Crippen LogP contribution in [0.25, 0.3) is 22.4 Å². The minimum Gasteiger partial charge on any atom is -0.494 e. The van der Waals surface area contributed by atoms with Gasteiger partial charge in [-0.1, -0.05) is 5.16 Å². The third-order valence-electron chi connectivity index (χ3n) is 4.50. The molecule has 0 saturated heterocycles. The van der Waals surface area contributed by atoms with Crippen LogP contribution in [0.5, 0.6) is 11.5 Å². The lowest BCUT2D eigenvalue weighted by Gasteiger charge is -2.08. The topological polar surface area (TPSA) is 87.6 Å². The molecule has 0 aliphatic carbocycles. The first kappa shape index (κ1) is 18.7. The van der Waals surface area contributed by atoms with Crippen LogP contribution in [-0.2, 0) is 0 Å². The number of aryl methyl sites for hydroxylation is 3. The van der Waals surface area contributed by atoms with Gasteiger partial charge in [-0.15, -0.1) is 0 Å². The molecule has 0 unspecified atom stereocenters. The number of carbonyl (C=O) groups is 1. The predicted molar refractivity (Wildman–Crippen MR) is 106 cm³/mol. The number of fused-ring (bicyclic) bond motifs is 1. The van der Waals surface area contributed by atoms with E-state index in [2.05, 4.69) is 10.1 Å². The lowest BCUT2D eigenvalue weighted by atomic mass is 10.1. The number of hydrogen-bond donors (Lipinski definition) is 0. The first-order valence-electron chi connectivity index (χ1n) is 9.25. The maximum Gasteiger partial charge on any atom is 0.344 e. The molecule has 1 aromatic carbocycles. The fraction of sp³-hybridized carbons (Fsp3) is 0.227. The number of benzene rings is 1. The van der Waals surface area contributed by atoms with Gasteiger partial charge in [-0.2, -0.15) is 0 Å². The number of ether oxygens (including phenoxy) is 2. The average Bonchev–Trinajstić information content (AvgIpc) is 3.24. The molecule has 0 bridgehead atoms. The van der Waals surface area contributed by atoms with Crippen LogP contribution in [0.1, 0.15) is 34.5 Å². The van der Waals surface area contributed by atoms with Crippen molar-refractivity contribution < 1.29 is 23.2 Å². The van der Waals surface area contributed by atoms with Crippen molar-refractivity contribution in [2.24, 2.45) is 0 Å².